The summed E-state index contributed by atoms with van der Waals surface area (Å²) >= 11 is 0. The second-order valence-electron chi connectivity index (χ2n) is 3.04. The van der Waals surface area contributed by atoms with Crippen LogP contribution in [0.3, 0.4) is 0 Å². The highest BCUT2D eigenvalue weighted by atomic mass is 19.4. The Labute approximate surface area is 84.1 Å². The van der Waals surface area contributed by atoms with Gasteiger partial charge in [-0.3, -0.25) is 0 Å². The van der Waals surface area contributed by atoms with Crippen molar-refractivity contribution in [3.8, 4) is 0 Å². The number of nitrogens with zero attached hydrogens (tertiary/aromatic N) is 1. The van der Waals surface area contributed by atoms with Gasteiger partial charge < -0.3 is 14.8 Å². The van der Waals surface area contributed by atoms with E-state index in [1.165, 1.54) is 6.92 Å². The summed E-state index contributed by atoms with van der Waals surface area (Å²) in [7, 11) is 1.57. The summed E-state index contributed by atoms with van der Waals surface area (Å²) in [5, 5.41) is 12.0. The second-order valence-corrected chi connectivity index (χ2v) is 3.04. The molecule has 7 heteroatoms. The number of aliphatic hydroxyl groups excluding tert-OH is 1. The zero-order valence-corrected chi connectivity index (χ0v) is 8.22. The molecule has 0 aliphatic heterocycles. The predicted molar refractivity (Wildman–Crippen MR) is 45.1 cm³/mol. The third-order valence-corrected chi connectivity index (χ3v) is 1.78. The molecule has 1 unspecified atom stereocenters. The smallest absolute Gasteiger partial charge is 0.435 e. The molecule has 1 heterocycles. The molecule has 86 valence electrons. The molecular weight excluding hydrogens is 213 g/mol. The van der Waals surface area contributed by atoms with Crippen molar-refractivity contribution in [1.82, 2.24) is 10.3 Å². The number of alkyl halides is 3. The van der Waals surface area contributed by atoms with Crippen LogP contribution in [-0.4, -0.2) is 23.7 Å². The first-order valence-corrected chi connectivity index (χ1v) is 4.23. The predicted octanol–water partition coefficient (Wildman–Crippen LogP) is 1.25. The number of aryl methyl sites for hydroxylation is 1. The van der Waals surface area contributed by atoms with Crippen LogP contribution in [0.1, 0.15) is 23.4 Å². The summed E-state index contributed by atoms with van der Waals surface area (Å²) in [6, 6.07) is 0. The molecule has 0 saturated carbocycles. The van der Waals surface area contributed by atoms with Crippen molar-refractivity contribution in [3.05, 3.63) is 17.3 Å². The summed E-state index contributed by atoms with van der Waals surface area (Å²) < 4.78 is 41.0. The number of aliphatic hydroxyl groups is 1. The van der Waals surface area contributed by atoms with E-state index in [-0.39, 0.29) is 18.0 Å². The molecule has 0 fully saturated rings. The number of halogens is 3. The van der Waals surface area contributed by atoms with Gasteiger partial charge in [0, 0.05) is 6.54 Å². The number of rotatable bonds is 3. The Morgan fingerprint density at radius 1 is 1.53 bits per heavy atom. The van der Waals surface area contributed by atoms with Gasteiger partial charge >= 0.3 is 12.1 Å². The lowest BCUT2D eigenvalue weighted by Gasteiger charge is -2.06. The van der Waals surface area contributed by atoms with Gasteiger partial charge in [0.1, 0.15) is 6.10 Å². The maximum Gasteiger partial charge on any atom is 0.468 e. The summed E-state index contributed by atoms with van der Waals surface area (Å²) in [4.78, 5) is 3.21. The number of oxazole rings is 1. The van der Waals surface area contributed by atoms with Gasteiger partial charge in [-0.2, -0.15) is 13.2 Å². The maximum absolute atomic E-state index is 12.2. The Balaban J connectivity index is 2.96. The lowest BCUT2D eigenvalue weighted by atomic mass is 10.2. The lowest BCUT2D eigenvalue weighted by Crippen LogP contribution is -2.16. The quantitative estimate of drug-likeness (QED) is 0.811. The van der Waals surface area contributed by atoms with Gasteiger partial charge in [0.15, 0.2) is 5.76 Å². The third kappa shape index (κ3) is 2.69. The van der Waals surface area contributed by atoms with Crippen LogP contribution in [0.15, 0.2) is 4.42 Å². The molecule has 1 rings (SSSR count). The van der Waals surface area contributed by atoms with Gasteiger partial charge in [0.2, 0.25) is 0 Å². The van der Waals surface area contributed by atoms with Crippen molar-refractivity contribution in [2.45, 2.75) is 19.2 Å². The molecule has 2 N–H and O–H groups in total. The number of hydrogen-bond acceptors (Lipinski definition) is 4. The topological polar surface area (TPSA) is 58.3 Å². The SMILES string of the molecule is CNCC(O)c1oc(C(F)(F)F)nc1C. The zero-order chi connectivity index (χ0) is 11.6. The van der Waals surface area contributed by atoms with Crippen LogP contribution in [0.25, 0.3) is 0 Å². The van der Waals surface area contributed by atoms with Crippen LogP contribution in [0.2, 0.25) is 0 Å². The maximum atomic E-state index is 12.2. The average Bonchev–Trinajstić information content (AvgIpc) is 2.47. The molecule has 0 saturated heterocycles. The van der Waals surface area contributed by atoms with Crippen LogP contribution in [0, 0.1) is 6.92 Å². The van der Waals surface area contributed by atoms with Crippen molar-refractivity contribution in [1.29, 1.82) is 0 Å². The van der Waals surface area contributed by atoms with E-state index in [2.05, 4.69) is 14.7 Å². The molecule has 0 spiro atoms. The highest BCUT2D eigenvalue weighted by molar-refractivity contribution is 5.12. The Morgan fingerprint density at radius 3 is 2.53 bits per heavy atom. The molecule has 0 bridgehead atoms. The minimum atomic E-state index is -4.62. The fourth-order valence-electron chi connectivity index (χ4n) is 1.12. The standard InChI is InChI=1S/C8H11F3N2O2/c1-4-6(5(14)3-12-2)15-7(13-4)8(9,10)11/h5,12,14H,3H2,1-2H3. The lowest BCUT2D eigenvalue weighted by molar-refractivity contribution is -0.158. The minimum absolute atomic E-state index is 0.0464. The van der Waals surface area contributed by atoms with E-state index < -0.39 is 18.2 Å². The highest BCUT2D eigenvalue weighted by Gasteiger charge is 2.38. The number of hydrogen-bond donors (Lipinski definition) is 2. The molecule has 1 atom stereocenters. The molecule has 0 aliphatic carbocycles. The molecule has 0 aliphatic rings. The van der Waals surface area contributed by atoms with Crippen LogP contribution < -0.4 is 5.32 Å². The number of aromatic nitrogens is 1. The summed E-state index contributed by atoms with van der Waals surface area (Å²) in [6.07, 6.45) is -5.75. The van der Waals surface area contributed by atoms with E-state index in [0.717, 1.165) is 0 Å². The van der Waals surface area contributed by atoms with Crippen molar-refractivity contribution in [3.63, 3.8) is 0 Å². The summed E-state index contributed by atoms with van der Waals surface area (Å²) in [5.41, 5.74) is 0.0464. The van der Waals surface area contributed by atoms with Crippen molar-refractivity contribution in [2.24, 2.45) is 0 Å². The van der Waals surface area contributed by atoms with Gasteiger partial charge in [-0.15, -0.1) is 0 Å². The van der Waals surface area contributed by atoms with E-state index >= 15 is 0 Å². The van der Waals surface area contributed by atoms with E-state index in [4.69, 9.17) is 0 Å². The zero-order valence-electron chi connectivity index (χ0n) is 8.22. The Bertz CT molecular complexity index is 335. The molecule has 0 radical (unpaired) electrons. The Hall–Kier alpha value is -1.08. The molecular formula is C8H11F3N2O2. The largest absolute Gasteiger partial charge is 0.468 e. The van der Waals surface area contributed by atoms with Crippen molar-refractivity contribution in [2.75, 3.05) is 13.6 Å². The Morgan fingerprint density at radius 2 is 2.13 bits per heavy atom. The molecule has 15 heavy (non-hydrogen) atoms. The molecule has 1 aromatic rings. The normalized spacial score (nSPS) is 14.3. The van der Waals surface area contributed by atoms with E-state index in [1.54, 1.807) is 7.05 Å². The minimum Gasteiger partial charge on any atom is -0.435 e. The number of likely N-dealkylation sites (N-methyl/N-ethyl adjacent to an activating group) is 1. The Kier molecular flexibility index (Phi) is 3.35. The summed E-state index contributed by atoms with van der Waals surface area (Å²) in [5.74, 6) is -1.48. The fraction of sp³-hybridized carbons (Fsp3) is 0.625. The van der Waals surface area contributed by atoms with Crippen LogP contribution in [0.5, 0.6) is 0 Å². The fourth-order valence-corrected chi connectivity index (χ4v) is 1.12. The van der Waals surface area contributed by atoms with Gasteiger partial charge in [0.25, 0.3) is 0 Å². The molecule has 4 nitrogen and oxygen atoms in total. The number of nitrogens with one attached hydrogen (secondary N) is 1. The second kappa shape index (κ2) is 4.19. The van der Waals surface area contributed by atoms with Crippen LogP contribution in [-0.2, 0) is 6.18 Å². The van der Waals surface area contributed by atoms with E-state index in [1.807, 2.05) is 0 Å². The van der Waals surface area contributed by atoms with Crippen LogP contribution in [0.4, 0.5) is 13.2 Å². The van der Waals surface area contributed by atoms with Crippen molar-refractivity contribution < 1.29 is 22.7 Å². The van der Waals surface area contributed by atoms with Crippen LogP contribution >= 0.6 is 0 Å². The van der Waals surface area contributed by atoms with Gasteiger partial charge in [-0.1, -0.05) is 0 Å². The van der Waals surface area contributed by atoms with E-state index in [0.29, 0.717) is 0 Å². The third-order valence-electron chi connectivity index (χ3n) is 1.78. The monoisotopic (exact) mass is 224 g/mol. The molecule has 0 aromatic carbocycles. The van der Waals surface area contributed by atoms with Crippen molar-refractivity contribution >= 4 is 0 Å². The first kappa shape index (κ1) is 12.0. The average molecular weight is 224 g/mol. The first-order chi connectivity index (χ1) is 6.86. The molecule has 0 amide bonds. The van der Waals surface area contributed by atoms with E-state index in [9.17, 15) is 18.3 Å². The molecule has 1 aromatic heterocycles. The van der Waals surface area contributed by atoms with Gasteiger partial charge in [-0.25, -0.2) is 4.98 Å². The first-order valence-electron chi connectivity index (χ1n) is 4.23. The van der Waals surface area contributed by atoms with Gasteiger partial charge in [0.05, 0.1) is 5.69 Å². The summed E-state index contributed by atoms with van der Waals surface area (Å²) in [6.45, 7) is 1.46. The van der Waals surface area contributed by atoms with Gasteiger partial charge in [-0.05, 0) is 14.0 Å². The highest BCUT2D eigenvalue weighted by Crippen LogP contribution is 2.31.